The zero-order valence-corrected chi connectivity index (χ0v) is 21.0. The van der Waals surface area contributed by atoms with Gasteiger partial charge < -0.3 is 9.73 Å². The number of carbonyl (C=O) groups is 2. The Hall–Kier alpha value is -4.13. The van der Waals surface area contributed by atoms with Gasteiger partial charge in [0.1, 0.15) is 16.9 Å². The monoisotopic (exact) mass is 482 g/mol. The number of nitrogens with one attached hydrogen (secondary N) is 1. The van der Waals surface area contributed by atoms with Crippen molar-refractivity contribution in [3.05, 3.63) is 95.4 Å². The quantitative estimate of drug-likeness (QED) is 0.404. The fraction of sp³-hybridized carbons (Fsp3) is 0.276. The van der Waals surface area contributed by atoms with E-state index in [-0.39, 0.29) is 18.4 Å². The zero-order chi connectivity index (χ0) is 25.4. The molecule has 2 aromatic heterocycles. The molecule has 0 fully saturated rings. The highest BCUT2D eigenvalue weighted by atomic mass is 16.3. The second-order valence-electron chi connectivity index (χ2n) is 9.88. The third-order valence-electron chi connectivity index (χ3n) is 6.81. The number of rotatable bonds is 6. The number of hydrogen-bond acceptors (Lipinski definition) is 4. The molecular formula is C29H30N4O3. The number of amides is 2. The number of benzene rings is 2. The van der Waals surface area contributed by atoms with Crippen molar-refractivity contribution in [2.45, 2.75) is 52.2 Å². The van der Waals surface area contributed by atoms with E-state index in [0.717, 1.165) is 11.1 Å². The van der Waals surface area contributed by atoms with Gasteiger partial charge in [-0.3, -0.25) is 19.2 Å². The lowest BCUT2D eigenvalue weighted by Gasteiger charge is -2.43. The largest absolute Gasteiger partial charge is 0.463 e. The molecule has 7 nitrogen and oxygen atoms in total. The summed E-state index contributed by atoms with van der Waals surface area (Å²) in [5.74, 6) is 0.405. The number of anilines is 1. The normalized spacial score (nSPS) is 17.4. The first kappa shape index (κ1) is 23.6. The topological polar surface area (TPSA) is 80.4 Å². The van der Waals surface area contributed by atoms with E-state index < -0.39 is 5.54 Å². The summed E-state index contributed by atoms with van der Waals surface area (Å²) in [5.41, 5.74) is 3.77. The number of carbonyl (C=O) groups excluding carboxylic acids is 2. The summed E-state index contributed by atoms with van der Waals surface area (Å²) < 4.78 is 7.11. The number of aryl methyl sites for hydroxylation is 1. The van der Waals surface area contributed by atoms with Gasteiger partial charge in [0.15, 0.2) is 5.76 Å². The molecule has 2 amide bonds. The fourth-order valence-corrected chi connectivity index (χ4v) is 4.62. The van der Waals surface area contributed by atoms with Gasteiger partial charge in [0.2, 0.25) is 5.91 Å². The molecule has 1 unspecified atom stereocenters. The van der Waals surface area contributed by atoms with Crippen molar-refractivity contribution in [3.63, 3.8) is 0 Å². The van der Waals surface area contributed by atoms with Crippen LogP contribution in [0.3, 0.4) is 0 Å². The number of nitrogens with zero attached hydrogens (tertiary/aromatic N) is 3. The van der Waals surface area contributed by atoms with Crippen LogP contribution in [0.1, 0.15) is 53.9 Å². The Bertz CT molecular complexity index is 1390. The highest BCUT2D eigenvalue weighted by Gasteiger charge is 2.49. The van der Waals surface area contributed by atoms with Gasteiger partial charge in [0.05, 0.1) is 12.8 Å². The van der Waals surface area contributed by atoms with Crippen LogP contribution in [0.5, 0.6) is 0 Å². The summed E-state index contributed by atoms with van der Waals surface area (Å²) in [6, 6.07) is 21.2. The van der Waals surface area contributed by atoms with Crippen LogP contribution in [-0.2, 0) is 17.9 Å². The summed E-state index contributed by atoms with van der Waals surface area (Å²) in [7, 11) is 0. The first-order valence-corrected chi connectivity index (χ1v) is 12.2. The van der Waals surface area contributed by atoms with Gasteiger partial charge in [-0.05, 0) is 55.2 Å². The Morgan fingerprint density at radius 2 is 1.83 bits per heavy atom. The van der Waals surface area contributed by atoms with Gasteiger partial charge in [0, 0.05) is 18.3 Å². The fourth-order valence-electron chi connectivity index (χ4n) is 4.62. The van der Waals surface area contributed by atoms with Crippen LogP contribution in [0.2, 0.25) is 0 Å². The molecule has 3 heterocycles. The number of aromatic nitrogens is 2. The standard InChI is InChI=1S/C29H30N4O3/c1-19(2)22-11-13-23(14-12-22)33-27(34)25-16-24(26-6-5-15-36-26)31-32(25)18-29(33,4)28(35)30-17-21-9-7-20(3)8-10-21/h5-16,19H,17-18H2,1-4H3,(H,30,35). The molecule has 1 N–H and O–H groups in total. The van der Waals surface area contributed by atoms with Crippen LogP contribution in [0.15, 0.2) is 77.4 Å². The Labute approximate surface area is 210 Å². The predicted molar refractivity (Wildman–Crippen MR) is 139 cm³/mol. The van der Waals surface area contributed by atoms with Gasteiger partial charge in [0.25, 0.3) is 5.91 Å². The van der Waals surface area contributed by atoms with E-state index in [4.69, 9.17) is 4.42 Å². The minimum atomic E-state index is -1.19. The molecule has 1 atom stereocenters. The van der Waals surface area contributed by atoms with E-state index in [1.54, 1.807) is 41.0 Å². The smallest absolute Gasteiger partial charge is 0.277 e. The van der Waals surface area contributed by atoms with E-state index in [1.165, 1.54) is 5.56 Å². The van der Waals surface area contributed by atoms with Crippen LogP contribution in [0, 0.1) is 6.92 Å². The SMILES string of the molecule is Cc1ccc(CNC(=O)C2(C)Cn3nc(-c4ccco4)cc3C(=O)N2c2ccc(C(C)C)cc2)cc1. The minimum absolute atomic E-state index is 0.209. The highest BCUT2D eigenvalue weighted by molar-refractivity contribution is 6.12. The second kappa shape index (κ2) is 9.15. The van der Waals surface area contributed by atoms with Crippen molar-refractivity contribution in [1.82, 2.24) is 15.1 Å². The van der Waals surface area contributed by atoms with Crippen LogP contribution in [0.4, 0.5) is 5.69 Å². The van der Waals surface area contributed by atoms with E-state index in [2.05, 4.69) is 24.3 Å². The lowest BCUT2D eigenvalue weighted by atomic mass is 9.93. The Morgan fingerprint density at radius 1 is 1.11 bits per heavy atom. The molecule has 0 radical (unpaired) electrons. The van der Waals surface area contributed by atoms with Crippen molar-refractivity contribution in [2.24, 2.45) is 0 Å². The molecular weight excluding hydrogens is 452 g/mol. The van der Waals surface area contributed by atoms with Gasteiger partial charge in [-0.2, -0.15) is 5.10 Å². The molecule has 1 aliphatic heterocycles. The maximum absolute atomic E-state index is 13.9. The average molecular weight is 483 g/mol. The highest BCUT2D eigenvalue weighted by Crippen LogP contribution is 2.35. The Balaban J connectivity index is 1.52. The van der Waals surface area contributed by atoms with Crippen molar-refractivity contribution in [1.29, 1.82) is 0 Å². The molecule has 2 aromatic carbocycles. The predicted octanol–water partition coefficient (Wildman–Crippen LogP) is 5.31. The zero-order valence-electron chi connectivity index (χ0n) is 21.0. The Kier molecular flexibility index (Phi) is 6.00. The van der Waals surface area contributed by atoms with Crippen molar-refractivity contribution < 1.29 is 14.0 Å². The van der Waals surface area contributed by atoms with Gasteiger partial charge in [-0.1, -0.05) is 55.8 Å². The van der Waals surface area contributed by atoms with Gasteiger partial charge in [-0.15, -0.1) is 0 Å². The van der Waals surface area contributed by atoms with E-state index in [1.807, 2.05) is 55.5 Å². The summed E-state index contributed by atoms with van der Waals surface area (Å²) in [5, 5.41) is 7.66. The molecule has 0 aliphatic carbocycles. The summed E-state index contributed by atoms with van der Waals surface area (Å²) in [6.45, 7) is 8.64. The molecule has 0 bridgehead atoms. The molecule has 1 aliphatic rings. The second-order valence-corrected chi connectivity index (χ2v) is 9.88. The number of hydrogen-bond donors (Lipinski definition) is 1. The molecule has 36 heavy (non-hydrogen) atoms. The average Bonchev–Trinajstić information content (AvgIpc) is 3.54. The van der Waals surface area contributed by atoms with Crippen LogP contribution in [0.25, 0.3) is 11.5 Å². The first-order valence-electron chi connectivity index (χ1n) is 12.2. The van der Waals surface area contributed by atoms with Crippen LogP contribution >= 0.6 is 0 Å². The molecule has 0 saturated carbocycles. The van der Waals surface area contributed by atoms with Gasteiger partial charge >= 0.3 is 0 Å². The third kappa shape index (κ3) is 4.21. The summed E-state index contributed by atoms with van der Waals surface area (Å²) in [6.07, 6.45) is 1.57. The molecule has 0 spiro atoms. The molecule has 184 valence electrons. The van der Waals surface area contributed by atoms with E-state index in [0.29, 0.717) is 35.3 Å². The first-order chi connectivity index (χ1) is 17.3. The minimum Gasteiger partial charge on any atom is -0.463 e. The number of fused-ring (bicyclic) bond motifs is 1. The lowest BCUT2D eigenvalue weighted by Crippen LogP contribution is -2.64. The van der Waals surface area contributed by atoms with Crippen molar-refractivity contribution in [2.75, 3.05) is 4.90 Å². The van der Waals surface area contributed by atoms with Crippen LogP contribution in [-0.4, -0.2) is 27.1 Å². The molecule has 7 heteroatoms. The maximum Gasteiger partial charge on any atom is 0.277 e. The molecule has 0 saturated heterocycles. The maximum atomic E-state index is 13.9. The molecule has 5 rings (SSSR count). The van der Waals surface area contributed by atoms with Crippen molar-refractivity contribution in [3.8, 4) is 11.5 Å². The third-order valence-corrected chi connectivity index (χ3v) is 6.81. The number of furan rings is 1. The van der Waals surface area contributed by atoms with E-state index in [9.17, 15) is 9.59 Å². The lowest BCUT2D eigenvalue weighted by molar-refractivity contribution is -0.126. The Morgan fingerprint density at radius 3 is 2.47 bits per heavy atom. The van der Waals surface area contributed by atoms with E-state index >= 15 is 0 Å². The van der Waals surface area contributed by atoms with Gasteiger partial charge in [-0.25, -0.2) is 0 Å². The van der Waals surface area contributed by atoms with Crippen molar-refractivity contribution >= 4 is 17.5 Å². The molecule has 4 aromatic rings. The summed E-state index contributed by atoms with van der Waals surface area (Å²) >= 11 is 0. The summed E-state index contributed by atoms with van der Waals surface area (Å²) in [4.78, 5) is 29.3. The van der Waals surface area contributed by atoms with Crippen LogP contribution < -0.4 is 10.2 Å².